The number of hydrogen-bond acceptors (Lipinski definition) is 3. The average Bonchev–Trinajstić information content (AvgIpc) is 2.84. The summed E-state index contributed by atoms with van der Waals surface area (Å²) in [7, 11) is 1.43. The van der Waals surface area contributed by atoms with E-state index in [1.165, 1.54) is 19.2 Å². The second kappa shape index (κ2) is 6.69. The van der Waals surface area contributed by atoms with Crippen molar-refractivity contribution < 1.29 is 14.4 Å². The van der Waals surface area contributed by atoms with Crippen LogP contribution in [0.25, 0.3) is 0 Å². The van der Waals surface area contributed by atoms with Crippen LogP contribution in [0, 0.1) is 0 Å². The van der Waals surface area contributed by atoms with Crippen LogP contribution in [-0.2, 0) is 6.54 Å². The van der Waals surface area contributed by atoms with Crippen LogP contribution in [0.3, 0.4) is 0 Å². The van der Waals surface area contributed by atoms with E-state index in [0.29, 0.717) is 29.2 Å². The lowest BCUT2D eigenvalue weighted by atomic mass is 10.0. The van der Waals surface area contributed by atoms with Crippen LogP contribution in [0.2, 0.25) is 5.02 Å². The third-order valence-corrected chi connectivity index (χ3v) is 4.69. The maximum Gasteiger partial charge on any atom is 0.261 e. The molecule has 0 atom stereocenters. The van der Waals surface area contributed by atoms with Crippen molar-refractivity contribution in [3.05, 3.63) is 69.7 Å². The van der Waals surface area contributed by atoms with Crippen molar-refractivity contribution in [3.63, 3.8) is 0 Å². The summed E-state index contributed by atoms with van der Waals surface area (Å²) in [4.78, 5) is 39.6. The quantitative estimate of drug-likeness (QED) is 0.790. The fourth-order valence-corrected chi connectivity index (χ4v) is 3.03. The maximum atomic E-state index is 12.8. The highest BCUT2D eigenvalue weighted by atomic mass is 35.5. The lowest BCUT2D eigenvalue weighted by Crippen LogP contribution is -2.30. The van der Waals surface area contributed by atoms with Gasteiger partial charge in [0.05, 0.1) is 11.1 Å². The standard InChI is InChI=1S/C19H17ClN2O3/c1-3-22(11-13-6-4-5-7-16(13)20)17(23)12-8-9-14-15(10-12)19(25)21(2)18(14)24/h4-10H,3,11H2,1-2H3. The van der Waals surface area contributed by atoms with Crippen LogP contribution < -0.4 is 0 Å². The number of hydrogen-bond donors (Lipinski definition) is 0. The minimum absolute atomic E-state index is 0.208. The molecule has 0 saturated heterocycles. The Morgan fingerprint density at radius 3 is 2.44 bits per heavy atom. The molecule has 5 nitrogen and oxygen atoms in total. The van der Waals surface area contributed by atoms with Crippen LogP contribution >= 0.6 is 11.6 Å². The van der Waals surface area contributed by atoms with Gasteiger partial charge in [0.2, 0.25) is 0 Å². The van der Waals surface area contributed by atoms with E-state index in [1.807, 2.05) is 25.1 Å². The van der Waals surface area contributed by atoms with Crippen LogP contribution in [0.5, 0.6) is 0 Å². The summed E-state index contributed by atoms with van der Waals surface area (Å²) in [5.41, 5.74) is 1.83. The summed E-state index contributed by atoms with van der Waals surface area (Å²) in [5, 5.41) is 0.602. The molecule has 1 heterocycles. The first kappa shape index (κ1) is 17.2. The Morgan fingerprint density at radius 1 is 1.08 bits per heavy atom. The van der Waals surface area contributed by atoms with Crippen molar-refractivity contribution in [2.24, 2.45) is 0 Å². The minimum Gasteiger partial charge on any atom is -0.335 e. The lowest BCUT2D eigenvalue weighted by molar-refractivity contribution is 0.0692. The summed E-state index contributed by atoms with van der Waals surface area (Å²) in [5.74, 6) is -0.939. The smallest absolute Gasteiger partial charge is 0.261 e. The first-order valence-electron chi connectivity index (χ1n) is 7.93. The number of carbonyl (C=O) groups is 3. The highest BCUT2D eigenvalue weighted by Gasteiger charge is 2.33. The number of carbonyl (C=O) groups excluding carboxylic acids is 3. The normalized spacial score (nSPS) is 13.2. The zero-order valence-electron chi connectivity index (χ0n) is 14.0. The fourth-order valence-electron chi connectivity index (χ4n) is 2.84. The van der Waals surface area contributed by atoms with E-state index in [1.54, 1.807) is 17.0 Å². The van der Waals surface area contributed by atoms with Crippen molar-refractivity contribution in [2.75, 3.05) is 13.6 Å². The van der Waals surface area contributed by atoms with Gasteiger partial charge in [-0.15, -0.1) is 0 Å². The lowest BCUT2D eigenvalue weighted by Gasteiger charge is -2.22. The van der Waals surface area contributed by atoms with Gasteiger partial charge in [0, 0.05) is 30.7 Å². The fraction of sp³-hybridized carbons (Fsp3) is 0.211. The Kier molecular flexibility index (Phi) is 4.59. The Hall–Kier alpha value is -2.66. The van der Waals surface area contributed by atoms with Gasteiger partial charge >= 0.3 is 0 Å². The molecular formula is C19H17ClN2O3. The van der Waals surface area contributed by atoms with Crippen LogP contribution in [0.1, 0.15) is 43.6 Å². The van der Waals surface area contributed by atoms with Gasteiger partial charge in [0.25, 0.3) is 17.7 Å². The zero-order chi connectivity index (χ0) is 18.1. The summed E-state index contributed by atoms with van der Waals surface area (Å²) in [6, 6.07) is 12.0. The van der Waals surface area contributed by atoms with E-state index >= 15 is 0 Å². The molecule has 128 valence electrons. The number of imide groups is 1. The molecule has 0 aliphatic carbocycles. The van der Waals surface area contributed by atoms with Crippen LogP contribution in [-0.4, -0.2) is 41.1 Å². The molecule has 0 radical (unpaired) electrons. The van der Waals surface area contributed by atoms with E-state index in [4.69, 9.17) is 11.6 Å². The van der Waals surface area contributed by atoms with Crippen molar-refractivity contribution in [1.82, 2.24) is 9.80 Å². The van der Waals surface area contributed by atoms with Gasteiger partial charge < -0.3 is 4.90 Å². The predicted molar refractivity (Wildman–Crippen MR) is 94.7 cm³/mol. The summed E-state index contributed by atoms with van der Waals surface area (Å²) in [6.07, 6.45) is 0. The Morgan fingerprint density at radius 2 is 1.76 bits per heavy atom. The van der Waals surface area contributed by atoms with E-state index < -0.39 is 0 Å². The van der Waals surface area contributed by atoms with E-state index in [2.05, 4.69) is 0 Å². The zero-order valence-corrected chi connectivity index (χ0v) is 14.7. The van der Waals surface area contributed by atoms with Gasteiger partial charge in [0.15, 0.2) is 0 Å². The number of fused-ring (bicyclic) bond motifs is 1. The molecule has 0 saturated carbocycles. The molecule has 1 aliphatic heterocycles. The Balaban J connectivity index is 1.89. The van der Waals surface area contributed by atoms with Gasteiger partial charge in [-0.25, -0.2) is 0 Å². The molecule has 2 aromatic rings. The largest absolute Gasteiger partial charge is 0.335 e. The first-order valence-corrected chi connectivity index (χ1v) is 8.31. The number of nitrogens with zero attached hydrogens (tertiary/aromatic N) is 2. The molecule has 0 N–H and O–H groups in total. The van der Waals surface area contributed by atoms with Gasteiger partial charge in [-0.1, -0.05) is 29.8 Å². The molecule has 1 aliphatic rings. The molecule has 0 bridgehead atoms. The van der Waals surface area contributed by atoms with E-state index in [-0.39, 0.29) is 23.3 Å². The third-order valence-electron chi connectivity index (χ3n) is 4.32. The topological polar surface area (TPSA) is 57.7 Å². The minimum atomic E-state index is -0.385. The molecule has 3 amide bonds. The maximum absolute atomic E-state index is 12.8. The van der Waals surface area contributed by atoms with E-state index in [9.17, 15) is 14.4 Å². The molecule has 0 fully saturated rings. The second-order valence-electron chi connectivity index (χ2n) is 5.84. The van der Waals surface area contributed by atoms with Crippen molar-refractivity contribution >= 4 is 29.3 Å². The molecule has 0 aromatic heterocycles. The van der Waals surface area contributed by atoms with Crippen LogP contribution in [0.4, 0.5) is 0 Å². The van der Waals surface area contributed by atoms with Gasteiger partial charge in [-0.05, 0) is 36.8 Å². The Labute approximate surface area is 150 Å². The molecule has 6 heteroatoms. The van der Waals surface area contributed by atoms with Crippen LogP contribution in [0.15, 0.2) is 42.5 Å². The summed E-state index contributed by atoms with van der Waals surface area (Å²) < 4.78 is 0. The molecule has 3 rings (SSSR count). The van der Waals surface area contributed by atoms with Crippen molar-refractivity contribution in [2.45, 2.75) is 13.5 Å². The number of halogens is 1. The number of benzene rings is 2. The molecular weight excluding hydrogens is 340 g/mol. The highest BCUT2D eigenvalue weighted by Crippen LogP contribution is 2.24. The predicted octanol–water partition coefficient (Wildman–Crippen LogP) is 3.23. The molecule has 25 heavy (non-hydrogen) atoms. The summed E-state index contributed by atoms with van der Waals surface area (Å²) in [6.45, 7) is 2.75. The average molecular weight is 357 g/mol. The van der Waals surface area contributed by atoms with Gasteiger partial charge in [-0.3, -0.25) is 19.3 Å². The highest BCUT2D eigenvalue weighted by molar-refractivity contribution is 6.31. The first-order chi connectivity index (χ1) is 11.9. The monoisotopic (exact) mass is 356 g/mol. The molecule has 0 spiro atoms. The SMILES string of the molecule is CCN(Cc1ccccc1Cl)C(=O)c1ccc2c(c1)C(=O)N(C)C2=O. The van der Waals surface area contributed by atoms with E-state index in [0.717, 1.165) is 10.5 Å². The molecule has 2 aromatic carbocycles. The summed E-state index contributed by atoms with van der Waals surface area (Å²) >= 11 is 6.18. The van der Waals surface area contributed by atoms with Crippen molar-refractivity contribution in [3.8, 4) is 0 Å². The second-order valence-corrected chi connectivity index (χ2v) is 6.25. The van der Waals surface area contributed by atoms with Gasteiger partial charge in [0.1, 0.15) is 0 Å². The Bertz CT molecular complexity index is 879. The molecule has 0 unspecified atom stereocenters. The number of rotatable bonds is 4. The van der Waals surface area contributed by atoms with Gasteiger partial charge in [-0.2, -0.15) is 0 Å². The third kappa shape index (κ3) is 3.03. The van der Waals surface area contributed by atoms with Crippen molar-refractivity contribution in [1.29, 1.82) is 0 Å². The number of amides is 3.